The minimum absolute atomic E-state index is 0.101. The average molecular weight is 375 g/mol. The molecule has 27 heavy (non-hydrogen) atoms. The molecule has 7 heteroatoms. The van der Waals surface area contributed by atoms with Gasteiger partial charge in [-0.05, 0) is 36.8 Å². The van der Waals surface area contributed by atoms with Crippen LogP contribution in [0.2, 0.25) is 0 Å². The van der Waals surface area contributed by atoms with Crippen molar-refractivity contribution < 1.29 is 19.6 Å². The van der Waals surface area contributed by atoms with Crippen LogP contribution in [0.4, 0.5) is 5.69 Å². The summed E-state index contributed by atoms with van der Waals surface area (Å²) in [6.07, 6.45) is 2.87. The van der Waals surface area contributed by atoms with E-state index in [4.69, 9.17) is 5.21 Å². The maximum atomic E-state index is 13.2. The van der Waals surface area contributed by atoms with Crippen LogP contribution in [0.25, 0.3) is 0 Å². The fourth-order valence-corrected chi connectivity index (χ4v) is 3.28. The summed E-state index contributed by atoms with van der Waals surface area (Å²) in [7, 11) is 0. The first-order valence-electron chi connectivity index (χ1n) is 9.37. The number of hydrogen-bond acceptors (Lipinski definition) is 4. The number of unbranched alkanes of at least 4 members (excludes halogenated alkanes) is 2. The largest absolute Gasteiger partial charge is 0.340 e. The van der Waals surface area contributed by atoms with Crippen molar-refractivity contribution in [2.75, 3.05) is 11.4 Å². The number of rotatable bonds is 7. The topological polar surface area (TPSA) is 98.7 Å². The molecule has 1 aromatic rings. The van der Waals surface area contributed by atoms with Crippen molar-refractivity contribution in [2.45, 2.75) is 58.9 Å². The van der Waals surface area contributed by atoms with Gasteiger partial charge in [-0.25, -0.2) is 5.48 Å². The molecule has 0 saturated heterocycles. The summed E-state index contributed by atoms with van der Waals surface area (Å²) in [5, 5.41) is 11.4. The van der Waals surface area contributed by atoms with Crippen LogP contribution in [-0.2, 0) is 9.59 Å². The van der Waals surface area contributed by atoms with E-state index in [0.717, 1.165) is 6.42 Å². The third-order valence-electron chi connectivity index (χ3n) is 4.54. The predicted octanol–water partition coefficient (Wildman–Crippen LogP) is 2.63. The summed E-state index contributed by atoms with van der Waals surface area (Å²) >= 11 is 0. The summed E-state index contributed by atoms with van der Waals surface area (Å²) in [4.78, 5) is 38.6. The summed E-state index contributed by atoms with van der Waals surface area (Å²) < 4.78 is 0. The first-order chi connectivity index (χ1) is 12.7. The summed E-state index contributed by atoms with van der Waals surface area (Å²) in [5.41, 5.74) is 2.64. The number of carbonyl (C=O) groups is 3. The van der Waals surface area contributed by atoms with E-state index in [1.807, 2.05) is 26.8 Å². The highest BCUT2D eigenvalue weighted by atomic mass is 16.5. The molecule has 0 aromatic heterocycles. The van der Waals surface area contributed by atoms with Gasteiger partial charge in [0.2, 0.25) is 11.8 Å². The molecule has 148 valence electrons. The van der Waals surface area contributed by atoms with Gasteiger partial charge >= 0.3 is 0 Å². The zero-order valence-electron chi connectivity index (χ0n) is 16.2. The molecule has 0 saturated carbocycles. The van der Waals surface area contributed by atoms with Crippen molar-refractivity contribution in [3.63, 3.8) is 0 Å². The highest BCUT2D eigenvalue weighted by Crippen LogP contribution is 2.29. The van der Waals surface area contributed by atoms with E-state index in [0.29, 0.717) is 37.1 Å². The van der Waals surface area contributed by atoms with Gasteiger partial charge in [0.25, 0.3) is 5.91 Å². The third kappa shape index (κ3) is 5.79. The van der Waals surface area contributed by atoms with Gasteiger partial charge in [0.1, 0.15) is 6.04 Å². The SMILES string of the molecule is CC(C)(C)C[C@@H]1NC(=O)c2ccccc2N(CCCCCC(=O)NO)C1=O. The van der Waals surface area contributed by atoms with E-state index in [2.05, 4.69) is 5.32 Å². The average Bonchev–Trinajstić information content (AvgIpc) is 2.70. The number of hydrogen-bond donors (Lipinski definition) is 3. The number of hydroxylamine groups is 1. The normalized spacial score (nSPS) is 17.2. The maximum Gasteiger partial charge on any atom is 0.254 e. The molecule has 0 bridgehead atoms. The Balaban J connectivity index is 2.14. The molecule has 1 aliphatic rings. The highest BCUT2D eigenvalue weighted by Gasteiger charge is 2.35. The molecule has 3 amide bonds. The second-order valence-corrected chi connectivity index (χ2v) is 8.14. The van der Waals surface area contributed by atoms with Gasteiger partial charge in [-0.3, -0.25) is 19.6 Å². The number of benzene rings is 1. The van der Waals surface area contributed by atoms with Crippen LogP contribution in [0.15, 0.2) is 24.3 Å². The van der Waals surface area contributed by atoms with Crippen molar-refractivity contribution >= 4 is 23.4 Å². The molecule has 1 heterocycles. The maximum absolute atomic E-state index is 13.2. The van der Waals surface area contributed by atoms with Gasteiger partial charge in [0.15, 0.2) is 0 Å². The van der Waals surface area contributed by atoms with Gasteiger partial charge in [0.05, 0.1) is 11.3 Å². The molecule has 0 radical (unpaired) electrons. The van der Waals surface area contributed by atoms with Crippen LogP contribution in [0.1, 0.15) is 63.2 Å². The number of carbonyl (C=O) groups excluding carboxylic acids is 3. The summed E-state index contributed by atoms with van der Waals surface area (Å²) in [5.74, 6) is -0.738. The molecule has 3 N–H and O–H groups in total. The Labute approximate surface area is 160 Å². The predicted molar refractivity (Wildman–Crippen MR) is 103 cm³/mol. The molecule has 0 unspecified atom stereocenters. The van der Waals surface area contributed by atoms with E-state index >= 15 is 0 Å². The number of fused-ring (bicyclic) bond motifs is 1. The lowest BCUT2D eigenvalue weighted by molar-refractivity contribution is -0.129. The van der Waals surface area contributed by atoms with Crippen molar-refractivity contribution in [2.24, 2.45) is 5.41 Å². The van der Waals surface area contributed by atoms with Crippen LogP contribution in [0, 0.1) is 5.41 Å². The zero-order chi connectivity index (χ0) is 20.0. The number of nitrogens with zero attached hydrogens (tertiary/aromatic N) is 1. The highest BCUT2D eigenvalue weighted by molar-refractivity contribution is 6.10. The minimum Gasteiger partial charge on any atom is -0.340 e. The minimum atomic E-state index is -0.565. The quantitative estimate of drug-likeness (QED) is 0.388. The van der Waals surface area contributed by atoms with Gasteiger partial charge in [-0.15, -0.1) is 0 Å². The van der Waals surface area contributed by atoms with E-state index in [-0.39, 0.29) is 23.7 Å². The van der Waals surface area contributed by atoms with Gasteiger partial charge < -0.3 is 10.2 Å². The van der Waals surface area contributed by atoms with Crippen LogP contribution in [0.5, 0.6) is 0 Å². The van der Waals surface area contributed by atoms with Crippen LogP contribution in [-0.4, -0.2) is 35.5 Å². The Bertz CT molecular complexity index is 697. The first kappa shape index (κ1) is 20.9. The number of nitrogens with one attached hydrogen (secondary N) is 2. The van der Waals surface area contributed by atoms with Crippen LogP contribution >= 0.6 is 0 Å². The molecule has 0 fully saturated rings. The molecule has 0 aliphatic carbocycles. The van der Waals surface area contributed by atoms with Crippen molar-refractivity contribution in [1.29, 1.82) is 0 Å². The Morgan fingerprint density at radius 3 is 2.56 bits per heavy atom. The first-order valence-corrected chi connectivity index (χ1v) is 9.37. The lowest BCUT2D eigenvalue weighted by atomic mass is 9.87. The van der Waals surface area contributed by atoms with Crippen molar-refractivity contribution in [1.82, 2.24) is 10.8 Å². The lowest BCUT2D eigenvalue weighted by Gasteiger charge is -2.29. The van der Waals surface area contributed by atoms with Gasteiger partial charge in [-0.1, -0.05) is 39.3 Å². The molecule has 1 atom stereocenters. The monoisotopic (exact) mass is 375 g/mol. The van der Waals surface area contributed by atoms with E-state index in [1.54, 1.807) is 28.6 Å². The molecule has 0 spiro atoms. The Morgan fingerprint density at radius 2 is 1.89 bits per heavy atom. The van der Waals surface area contributed by atoms with Crippen LogP contribution in [0.3, 0.4) is 0 Å². The number of amides is 3. The zero-order valence-corrected chi connectivity index (χ0v) is 16.2. The summed E-state index contributed by atoms with van der Waals surface area (Å²) in [6, 6.07) is 6.58. The molecular weight excluding hydrogens is 346 g/mol. The fraction of sp³-hybridized carbons (Fsp3) is 0.550. The molecule has 2 rings (SSSR count). The molecule has 1 aromatic carbocycles. The molecule has 1 aliphatic heterocycles. The van der Waals surface area contributed by atoms with Gasteiger partial charge in [0, 0.05) is 13.0 Å². The molecule has 7 nitrogen and oxygen atoms in total. The lowest BCUT2D eigenvalue weighted by Crippen LogP contribution is -2.47. The Hall–Kier alpha value is -2.41. The summed E-state index contributed by atoms with van der Waals surface area (Å²) in [6.45, 7) is 6.61. The Morgan fingerprint density at radius 1 is 1.19 bits per heavy atom. The second kappa shape index (κ2) is 8.99. The van der Waals surface area contributed by atoms with Crippen LogP contribution < -0.4 is 15.7 Å². The number of anilines is 1. The van der Waals surface area contributed by atoms with E-state index < -0.39 is 11.9 Å². The second-order valence-electron chi connectivity index (χ2n) is 8.14. The van der Waals surface area contributed by atoms with Crippen molar-refractivity contribution in [3.8, 4) is 0 Å². The third-order valence-corrected chi connectivity index (χ3v) is 4.54. The van der Waals surface area contributed by atoms with E-state index in [1.165, 1.54) is 0 Å². The van der Waals surface area contributed by atoms with Gasteiger partial charge in [-0.2, -0.15) is 0 Å². The molecular formula is C20H29N3O4. The Kier molecular flexibility index (Phi) is 6.96. The fourth-order valence-electron chi connectivity index (χ4n) is 3.28. The number of para-hydroxylation sites is 1. The van der Waals surface area contributed by atoms with Crippen molar-refractivity contribution in [3.05, 3.63) is 29.8 Å². The van der Waals surface area contributed by atoms with E-state index in [9.17, 15) is 14.4 Å². The standard InChI is InChI=1S/C20H29N3O4/c1-20(2,3)13-15-19(26)23(12-8-4-5-11-17(24)22-27)16-10-7-6-9-14(16)18(25)21-15/h6-7,9-10,15,27H,4-5,8,11-13H2,1-3H3,(H,21,25)(H,22,24)/t15-/m0/s1. The smallest absolute Gasteiger partial charge is 0.254 e.